The van der Waals surface area contributed by atoms with E-state index in [9.17, 15) is 0 Å². The molecule has 0 amide bonds. The second-order valence-electron chi connectivity index (χ2n) is 18.2. The van der Waals surface area contributed by atoms with Crippen molar-refractivity contribution in [1.29, 1.82) is 0 Å². The minimum atomic E-state index is 0.355. The molecule has 0 aliphatic carbocycles. The lowest BCUT2D eigenvalue weighted by Gasteiger charge is -2.46. The van der Waals surface area contributed by atoms with Crippen molar-refractivity contribution in [2.45, 2.75) is 163 Å². The van der Waals surface area contributed by atoms with Gasteiger partial charge in [0.2, 0.25) is 0 Å². The molecule has 0 aromatic rings. The Labute approximate surface area is 206 Å². The fraction of sp³-hybridized carbons (Fsp3) is 1.00. The largest absolute Gasteiger partial charge is 0.0628 e. The van der Waals surface area contributed by atoms with Crippen LogP contribution in [0.25, 0.3) is 0 Å². The van der Waals surface area contributed by atoms with E-state index in [0.717, 1.165) is 5.92 Å². The maximum atomic E-state index is 2.53. The van der Waals surface area contributed by atoms with Crippen LogP contribution in [0.5, 0.6) is 0 Å². The molecule has 0 heterocycles. The summed E-state index contributed by atoms with van der Waals surface area (Å²) < 4.78 is 0. The van der Waals surface area contributed by atoms with Crippen molar-refractivity contribution in [3.05, 3.63) is 0 Å². The van der Waals surface area contributed by atoms with Crippen LogP contribution >= 0.6 is 0 Å². The Hall–Kier alpha value is 0. The lowest BCUT2D eigenvalue weighted by Crippen LogP contribution is -2.35. The molecular weight excluding hydrogens is 384 g/mol. The molecule has 0 fully saturated rings. The fourth-order valence-electron chi connectivity index (χ4n) is 9.40. The summed E-state index contributed by atoms with van der Waals surface area (Å²) in [6.45, 7) is 42.0. The Morgan fingerprint density at radius 1 is 0.344 bits per heavy atom. The quantitative estimate of drug-likeness (QED) is 0.261. The average molecular weight is 451 g/mol. The van der Waals surface area contributed by atoms with Crippen LogP contribution in [0, 0.1) is 43.8 Å². The lowest BCUT2D eigenvalue weighted by atomic mass is 9.59. The van der Waals surface area contributed by atoms with Crippen LogP contribution in [0.3, 0.4) is 0 Å². The van der Waals surface area contributed by atoms with Crippen molar-refractivity contribution < 1.29 is 0 Å². The topological polar surface area (TPSA) is 0 Å². The van der Waals surface area contributed by atoms with E-state index in [1.54, 1.807) is 0 Å². The van der Waals surface area contributed by atoms with Gasteiger partial charge in [-0.05, 0) is 88.8 Å². The van der Waals surface area contributed by atoms with Gasteiger partial charge in [-0.15, -0.1) is 0 Å². The summed E-state index contributed by atoms with van der Waals surface area (Å²) in [6, 6.07) is 0. The SMILES string of the molecule is CC(C)CC(C)(C)CC(C)(C)CC(C)(C)CC(C)(C)CC(C)(C)CC(C)(C)CC(C)(C)C. The molecular formula is C32H66. The predicted octanol–water partition coefficient (Wildman–Crippen LogP) is 11.6. The van der Waals surface area contributed by atoms with Crippen molar-refractivity contribution in [2.24, 2.45) is 43.8 Å². The highest BCUT2D eigenvalue weighted by Gasteiger charge is 2.40. The van der Waals surface area contributed by atoms with Gasteiger partial charge in [-0.3, -0.25) is 0 Å². The summed E-state index contributed by atoms with van der Waals surface area (Å²) in [4.78, 5) is 0. The van der Waals surface area contributed by atoms with Crippen molar-refractivity contribution in [3.63, 3.8) is 0 Å². The summed E-state index contributed by atoms with van der Waals surface area (Å²) in [5, 5.41) is 0. The third-order valence-electron chi connectivity index (χ3n) is 6.76. The number of rotatable bonds is 13. The molecule has 0 bridgehead atoms. The maximum absolute atomic E-state index is 2.53. The third-order valence-corrected chi connectivity index (χ3v) is 6.76. The van der Waals surface area contributed by atoms with E-state index in [0.29, 0.717) is 37.9 Å². The van der Waals surface area contributed by atoms with Gasteiger partial charge in [-0.1, -0.05) is 118 Å². The van der Waals surface area contributed by atoms with Gasteiger partial charge in [0.25, 0.3) is 0 Å². The zero-order chi connectivity index (χ0) is 26.0. The van der Waals surface area contributed by atoms with Crippen molar-refractivity contribution in [3.8, 4) is 0 Å². The summed E-state index contributed by atoms with van der Waals surface area (Å²) >= 11 is 0. The van der Waals surface area contributed by atoms with Gasteiger partial charge in [0, 0.05) is 0 Å². The predicted molar refractivity (Wildman–Crippen MR) is 149 cm³/mol. The van der Waals surface area contributed by atoms with E-state index in [-0.39, 0.29) is 0 Å². The van der Waals surface area contributed by atoms with Gasteiger partial charge in [0.15, 0.2) is 0 Å². The molecule has 0 N–H and O–H groups in total. The first kappa shape index (κ1) is 32.0. The molecule has 0 aromatic heterocycles. The molecule has 0 aliphatic heterocycles. The van der Waals surface area contributed by atoms with E-state index < -0.39 is 0 Å². The monoisotopic (exact) mass is 451 g/mol. The van der Waals surface area contributed by atoms with E-state index >= 15 is 0 Å². The van der Waals surface area contributed by atoms with E-state index in [1.165, 1.54) is 44.9 Å². The van der Waals surface area contributed by atoms with Crippen LogP contribution in [-0.4, -0.2) is 0 Å². The van der Waals surface area contributed by atoms with Crippen molar-refractivity contribution in [1.82, 2.24) is 0 Å². The lowest BCUT2D eigenvalue weighted by molar-refractivity contribution is 0.0487. The summed E-state index contributed by atoms with van der Waals surface area (Å²) in [5.74, 6) is 0.775. The molecule has 0 radical (unpaired) electrons. The summed E-state index contributed by atoms with van der Waals surface area (Å²) in [5.41, 5.74) is 2.66. The summed E-state index contributed by atoms with van der Waals surface area (Å²) in [6.07, 6.45) is 9.13. The zero-order valence-electron chi connectivity index (χ0n) is 26.0. The van der Waals surface area contributed by atoms with Crippen LogP contribution in [0.1, 0.15) is 163 Å². The molecule has 0 unspecified atom stereocenters. The van der Waals surface area contributed by atoms with Crippen LogP contribution in [0.2, 0.25) is 0 Å². The highest BCUT2D eigenvalue weighted by Crippen LogP contribution is 2.52. The standard InChI is InChI=1S/C32H66/c1-25(2)18-27(6,7)20-29(10,11)22-31(14,15)24-32(16,17)23-30(12,13)21-28(8,9)19-26(3,4)5/h25H,18-24H2,1-17H3. The highest BCUT2D eigenvalue weighted by atomic mass is 14.5. The van der Waals surface area contributed by atoms with Gasteiger partial charge in [-0.25, -0.2) is 0 Å². The van der Waals surface area contributed by atoms with Gasteiger partial charge in [-0.2, -0.15) is 0 Å². The van der Waals surface area contributed by atoms with E-state index in [4.69, 9.17) is 0 Å². The molecule has 0 saturated carbocycles. The van der Waals surface area contributed by atoms with Gasteiger partial charge < -0.3 is 0 Å². The highest BCUT2D eigenvalue weighted by molar-refractivity contribution is 4.91. The van der Waals surface area contributed by atoms with E-state index in [2.05, 4.69) is 118 Å². The number of hydrogen-bond donors (Lipinski definition) is 0. The molecule has 0 heteroatoms. The first-order chi connectivity index (χ1) is 13.7. The zero-order valence-corrected chi connectivity index (χ0v) is 26.0. The molecule has 0 nitrogen and oxygen atoms in total. The molecule has 0 aliphatic rings. The molecule has 32 heavy (non-hydrogen) atoms. The Kier molecular flexibility index (Phi) is 10.3. The molecule has 194 valence electrons. The third kappa shape index (κ3) is 15.0. The second-order valence-corrected chi connectivity index (χ2v) is 18.2. The number of hydrogen-bond acceptors (Lipinski definition) is 0. The van der Waals surface area contributed by atoms with Crippen LogP contribution in [0.4, 0.5) is 0 Å². The van der Waals surface area contributed by atoms with E-state index in [1.807, 2.05) is 0 Å². The summed E-state index contributed by atoms with van der Waals surface area (Å²) in [7, 11) is 0. The van der Waals surface area contributed by atoms with Crippen molar-refractivity contribution >= 4 is 0 Å². The smallest absolute Gasteiger partial charge is 0.0344 e. The minimum absolute atomic E-state index is 0.355. The minimum Gasteiger partial charge on any atom is -0.0628 e. The Morgan fingerprint density at radius 3 is 0.781 bits per heavy atom. The second kappa shape index (κ2) is 10.3. The van der Waals surface area contributed by atoms with Crippen LogP contribution in [-0.2, 0) is 0 Å². The molecule has 0 saturated heterocycles. The fourth-order valence-corrected chi connectivity index (χ4v) is 9.40. The first-order valence-corrected chi connectivity index (χ1v) is 13.7. The average Bonchev–Trinajstić information content (AvgIpc) is 2.22. The Balaban J connectivity index is 5.22. The van der Waals surface area contributed by atoms with Crippen LogP contribution in [0.15, 0.2) is 0 Å². The van der Waals surface area contributed by atoms with Gasteiger partial charge in [0.1, 0.15) is 0 Å². The molecule has 0 spiro atoms. The molecule has 0 atom stereocenters. The van der Waals surface area contributed by atoms with Gasteiger partial charge >= 0.3 is 0 Å². The Morgan fingerprint density at radius 2 is 0.562 bits per heavy atom. The maximum Gasteiger partial charge on any atom is -0.0344 e. The Bertz CT molecular complexity index is 557. The normalized spacial score (nSPS) is 15.6. The van der Waals surface area contributed by atoms with Gasteiger partial charge in [0.05, 0.1) is 0 Å². The van der Waals surface area contributed by atoms with Crippen molar-refractivity contribution in [2.75, 3.05) is 0 Å². The van der Waals surface area contributed by atoms with Crippen LogP contribution < -0.4 is 0 Å². The molecule has 0 aromatic carbocycles. The molecule has 0 rings (SSSR count). The first-order valence-electron chi connectivity index (χ1n) is 13.7.